The van der Waals surface area contributed by atoms with E-state index in [0.717, 1.165) is 89.1 Å². The van der Waals surface area contributed by atoms with Crippen LogP contribution < -0.4 is 9.80 Å². The first kappa shape index (κ1) is 34.0. The molecule has 0 bridgehead atoms. The van der Waals surface area contributed by atoms with Gasteiger partial charge in [0.15, 0.2) is 0 Å². The van der Waals surface area contributed by atoms with Crippen LogP contribution in [0.2, 0.25) is 0 Å². The molecule has 0 aliphatic heterocycles. The minimum atomic E-state index is 0.859. The number of hydrogen-bond donors (Lipinski definition) is 0. The molecule has 12 rings (SSSR count). The van der Waals surface area contributed by atoms with Gasteiger partial charge >= 0.3 is 0 Å². The summed E-state index contributed by atoms with van der Waals surface area (Å²) >= 11 is 0. The van der Waals surface area contributed by atoms with Crippen molar-refractivity contribution in [3.63, 3.8) is 0 Å². The SMILES string of the molecule is c1cc(-c2cccc(N(c3ccc4ccccc4c3)c3ccc4c(c3)oc3ccccc34)c2)cc(N(c2ccc3ccccc3c2)c2ccc3c(c2)oc2ccccc23)c1. The van der Waals surface area contributed by atoms with E-state index in [2.05, 4.69) is 204 Å². The van der Waals surface area contributed by atoms with Gasteiger partial charge in [-0.1, -0.05) is 121 Å². The first-order valence-corrected chi connectivity index (χ1v) is 20.3. The number of furan rings is 2. The van der Waals surface area contributed by atoms with E-state index in [1.807, 2.05) is 24.3 Å². The van der Waals surface area contributed by atoms with Gasteiger partial charge < -0.3 is 18.6 Å². The molecule has 0 spiro atoms. The van der Waals surface area contributed by atoms with Crippen LogP contribution >= 0.6 is 0 Å². The van der Waals surface area contributed by atoms with Crippen molar-refractivity contribution in [2.24, 2.45) is 0 Å². The minimum absolute atomic E-state index is 0.859. The molecule has 282 valence electrons. The number of nitrogens with zero attached hydrogens (tertiary/aromatic N) is 2. The Morgan fingerprint density at radius 1 is 0.233 bits per heavy atom. The molecule has 12 aromatic rings. The molecule has 0 radical (unpaired) electrons. The molecule has 4 heteroatoms. The van der Waals surface area contributed by atoms with Gasteiger partial charge in [0.25, 0.3) is 0 Å². The first-order chi connectivity index (χ1) is 29.7. The van der Waals surface area contributed by atoms with Crippen molar-refractivity contribution in [3.8, 4) is 11.1 Å². The lowest BCUT2D eigenvalue weighted by atomic mass is 10.0. The minimum Gasteiger partial charge on any atom is -0.456 e. The second kappa shape index (κ2) is 13.8. The van der Waals surface area contributed by atoms with Gasteiger partial charge in [-0.05, 0) is 118 Å². The number of anilines is 6. The highest BCUT2D eigenvalue weighted by molar-refractivity contribution is 6.07. The van der Waals surface area contributed by atoms with E-state index in [4.69, 9.17) is 8.83 Å². The molecule has 0 saturated carbocycles. The summed E-state index contributed by atoms with van der Waals surface area (Å²) < 4.78 is 12.8. The molecule has 60 heavy (non-hydrogen) atoms. The van der Waals surface area contributed by atoms with Crippen molar-refractivity contribution < 1.29 is 8.83 Å². The summed E-state index contributed by atoms with van der Waals surface area (Å²) in [6.45, 7) is 0. The quantitative estimate of drug-likeness (QED) is 0.162. The Hall–Kier alpha value is -8.08. The van der Waals surface area contributed by atoms with Crippen molar-refractivity contribution in [2.45, 2.75) is 0 Å². The van der Waals surface area contributed by atoms with Gasteiger partial charge in [0.2, 0.25) is 0 Å². The van der Waals surface area contributed by atoms with Gasteiger partial charge in [-0.15, -0.1) is 0 Å². The third kappa shape index (κ3) is 5.77. The molecule has 2 aromatic heterocycles. The average molecular weight is 769 g/mol. The van der Waals surface area contributed by atoms with Crippen molar-refractivity contribution in [1.82, 2.24) is 0 Å². The zero-order chi connectivity index (χ0) is 39.6. The zero-order valence-corrected chi connectivity index (χ0v) is 32.5. The van der Waals surface area contributed by atoms with Crippen LogP contribution in [0.15, 0.2) is 227 Å². The van der Waals surface area contributed by atoms with E-state index in [0.29, 0.717) is 0 Å². The zero-order valence-electron chi connectivity index (χ0n) is 32.5. The molecule has 0 aliphatic carbocycles. The predicted octanol–water partition coefficient (Wildman–Crippen LogP) is 16.4. The molecule has 0 atom stereocenters. The third-order valence-electron chi connectivity index (χ3n) is 11.8. The largest absolute Gasteiger partial charge is 0.456 e. The lowest BCUT2D eigenvalue weighted by Gasteiger charge is -2.27. The van der Waals surface area contributed by atoms with Gasteiger partial charge in [-0.3, -0.25) is 0 Å². The van der Waals surface area contributed by atoms with Crippen LogP contribution in [0.25, 0.3) is 76.5 Å². The van der Waals surface area contributed by atoms with E-state index in [-0.39, 0.29) is 0 Å². The predicted molar refractivity (Wildman–Crippen MR) is 251 cm³/mol. The molecule has 0 saturated heterocycles. The van der Waals surface area contributed by atoms with Crippen molar-refractivity contribution in [1.29, 1.82) is 0 Å². The second-order valence-corrected chi connectivity index (χ2v) is 15.4. The molecular weight excluding hydrogens is 733 g/mol. The molecule has 0 amide bonds. The van der Waals surface area contributed by atoms with E-state index in [1.165, 1.54) is 21.5 Å². The lowest BCUT2D eigenvalue weighted by molar-refractivity contribution is 0.668. The Kier molecular flexibility index (Phi) is 7.82. The fourth-order valence-electron chi connectivity index (χ4n) is 8.88. The number of rotatable bonds is 7. The summed E-state index contributed by atoms with van der Waals surface area (Å²) in [5.41, 5.74) is 12.0. The van der Waals surface area contributed by atoms with Gasteiger partial charge in [0.1, 0.15) is 22.3 Å². The van der Waals surface area contributed by atoms with Gasteiger partial charge in [0.05, 0.1) is 0 Å². The Morgan fingerprint density at radius 3 is 1.08 bits per heavy atom. The topological polar surface area (TPSA) is 32.8 Å². The summed E-state index contributed by atoms with van der Waals surface area (Å²) in [7, 11) is 0. The Balaban J connectivity index is 0.995. The molecule has 0 aliphatic rings. The summed E-state index contributed by atoms with van der Waals surface area (Å²) in [6.07, 6.45) is 0. The van der Waals surface area contributed by atoms with Gasteiger partial charge in [-0.25, -0.2) is 0 Å². The Morgan fingerprint density at radius 2 is 0.600 bits per heavy atom. The maximum atomic E-state index is 6.41. The number of para-hydroxylation sites is 2. The van der Waals surface area contributed by atoms with E-state index < -0.39 is 0 Å². The fourth-order valence-corrected chi connectivity index (χ4v) is 8.88. The third-order valence-corrected chi connectivity index (χ3v) is 11.8. The van der Waals surface area contributed by atoms with Crippen LogP contribution in [-0.4, -0.2) is 0 Å². The standard InChI is InChI=1S/C56H36N2O2/c1-3-13-39-31-45(25-23-37(39)11-1)57(47-27-29-51-49-19-5-7-21-53(49)59-55(51)35-47)43-17-9-15-41(33-43)42-16-10-18-44(34-42)58(46-26-24-38-12-2-4-14-40(38)32-46)48-28-30-52-50-20-6-8-22-54(50)60-56(52)36-48/h1-36H. The molecule has 0 N–H and O–H groups in total. The van der Waals surface area contributed by atoms with Crippen LogP contribution in [0.1, 0.15) is 0 Å². The number of benzene rings is 10. The first-order valence-electron chi connectivity index (χ1n) is 20.3. The molecule has 0 unspecified atom stereocenters. The number of hydrogen-bond acceptors (Lipinski definition) is 4. The summed E-state index contributed by atoms with van der Waals surface area (Å²) in [6, 6.07) is 77.6. The summed E-state index contributed by atoms with van der Waals surface area (Å²) in [4.78, 5) is 4.66. The highest BCUT2D eigenvalue weighted by atomic mass is 16.3. The highest BCUT2D eigenvalue weighted by Gasteiger charge is 2.19. The summed E-state index contributed by atoms with van der Waals surface area (Å²) in [5.74, 6) is 0. The normalized spacial score (nSPS) is 11.7. The van der Waals surface area contributed by atoms with Gasteiger partial charge in [-0.2, -0.15) is 0 Å². The average Bonchev–Trinajstić information content (AvgIpc) is 3.87. The van der Waals surface area contributed by atoms with Crippen LogP contribution in [-0.2, 0) is 0 Å². The van der Waals surface area contributed by atoms with Crippen LogP contribution in [0.3, 0.4) is 0 Å². The van der Waals surface area contributed by atoms with E-state index in [1.54, 1.807) is 0 Å². The Labute approximate surface area is 346 Å². The Bertz CT molecular complexity index is 3360. The molecule has 10 aromatic carbocycles. The lowest BCUT2D eigenvalue weighted by Crippen LogP contribution is -2.10. The smallest absolute Gasteiger partial charge is 0.137 e. The van der Waals surface area contributed by atoms with Crippen molar-refractivity contribution >= 4 is 99.5 Å². The fraction of sp³-hybridized carbons (Fsp3) is 0. The van der Waals surface area contributed by atoms with Crippen LogP contribution in [0.4, 0.5) is 34.1 Å². The van der Waals surface area contributed by atoms with Crippen LogP contribution in [0.5, 0.6) is 0 Å². The second-order valence-electron chi connectivity index (χ2n) is 15.4. The van der Waals surface area contributed by atoms with E-state index >= 15 is 0 Å². The molecular formula is C56H36N2O2. The molecule has 2 heterocycles. The van der Waals surface area contributed by atoms with Crippen molar-refractivity contribution in [2.75, 3.05) is 9.80 Å². The monoisotopic (exact) mass is 768 g/mol. The molecule has 4 nitrogen and oxygen atoms in total. The summed E-state index contributed by atoms with van der Waals surface area (Å²) in [5, 5.41) is 9.22. The molecule has 0 fully saturated rings. The van der Waals surface area contributed by atoms with E-state index in [9.17, 15) is 0 Å². The number of fused-ring (bicyclic) bond motifs is 8. The van der Waals surface area contributed by atoms with Crippen molar-refractivity contribution in [3.05, 3.63) is 218 Å². The van der Waals surface area contributed by atoms with Crippen LogP contribution in [0, 0.1) is 0 Å². The highest BCUT2D eigenvalue weighted by Crippen LogP contribution is 2.43. The van der Waals surface area contributed by atoms with Gasteiger partial charge in [0, 0.05) is 67.8 Å². The maximum Gasteiger partial charge on any atom is 0.137 e. The maximum absolute atomic E-state index is 6.41.